The molecule has 0 bridgehead atoms. The van der Waals surface area contributed by atoms with Crippen LogP contribution in [0.2, 0.25) is 0 Å². The lowest BCUT2D eigenvalue weighted by Crippen LogP contribution is -2.24. The van der Waals surface area contributed by atoms with Gasteiger partial charge in [0.25, 0.3) is 0 Å². The molecular formula is C15H21NS. The largest absolute Gasteiger partial charge is 0.314 e. The van der Waals surface area contributed by atoms with Gasteiger partial charge >= 0.3 is 0 Å². The molecule has 92 valence electrons. The molecule has 2 rings (SSSR count). The standard InChI is InChI=1S/C15H21NS/c1-10(2)16-6-5-13-9-17-15-12(4)7-11(3)8-14(13)15/h7-10,16H,5-6H2,1-4H3. The van der Waals surface area contributed by atoms with Crippen LogP contribution in [0.25, 0.3) is 10.1 Å². The number of nitrogens with one attached hydrogen (secondary N) is 1. The Balaban J connectivity index is 2.23. The van der Waals surface area contributed by atoms with E-state index in [-0.39, 0.29) is 0 Å². The van der Waals surface area contributed by atoms with Gasteiger partial charge in [-0.15, -0.1) is 11.3 Å². The molecule has 0 aliphatic rings. The molecule has 2 heteroatoms. The molecule has 0 unspecified atom stereocenters. The second-order valence-electron chi connectivity index (χ2n) is 5.08. The van der Waals surface area contributed by atoms with Gasteiger partial charge in [-0.25, -0.2) is 0 Å². The molecule has 1 nitrogen and oxygen atoms in total. The van der Waals surface area contributed by atoms with Crippen LogP contribution in [0.5, 0.6) is 0 Å². The number of rotatable bonds is 4. The number of aryl methyl sites for hydroxylation is 2. The molecule has 0 atom stereocenters. The highest BCUT2D eigenvalue weighted by Gasteiger charge is 2.07. The Kier molecular flexibility index (Phi) is 3.85. The Morgan fingerprint density at radius 2 is 2.00 bits per heavy atom. The third kappa shape index (κ3) is 2.88. The smallest absolute Gasteiger partial charge is 0.0374 e. The summed E-state index contributed by atoms with van der Waals surface area (Å²) in [7, 11) is 0. The minimum atomic E-state index is 0.573. The molecule has 0 spiro atoms. The van der Waals surface area contributed by atoms with Crippen LogP contribution in [-0.4, -0.2) is 12.6 Å². The first-order valence-corrected chi connectivity index (χ1v) is 7.16. The van der Waals surface area contributed by atoms with Gasteiger partial charge in [-0.05, 0) is 48.7 Å². The zero-order chi connectivity index (χ0) is 12.4. The molecule has 0 saturated carbocycles. The number of hydrogen-bond acceptors (Lipinski definition) is 2. The van der Waals surface area contributed by atoms with Crippen LogP contribution in [0.1, 0.15) is 30.5 Å². The molecule has 0 amide bonds. The van der Waals surface area contributed by atoms with Gasteiger partial charge in [0.1, 0.15) is 0 Å². The van der Waals surface area contributed by atoms with E-state index in [9.17, 15) is 0 Å². The molecule has 0 aliphatic carbocycles. The Bertz CT molecular complexity index is 511. The lowest BCUT2D eigenvalue weighted by Gasteiger charge is -2.07. The van der Waals surface area contributed by atoms with Crippen LogP contribution in [-0.2, 0) is 6.42 Å². The van der Waals surface area contributed by atoms with E-state index < -0.39 is 0 Å². The molecule has 0 fully saturated rings. The van der Waals surface area contributed by atoms with Crippen molar-refractivity contribution in [2.45, 2.75) is 40.2 Å². The van der Waals surface area contributed by atoms with Crippen molar-refractivity contribution in [1.29, 1.82) is 0 Å². The maximum absolute atomic E-state index is 3.48. The molecule has 1 N–H and O–H groups in total. The first kappa shape index (κ1) is 12.6. The van der Waals surface area contributed by atoms with E-state index in [4.69, 9.17) is 0 Å². The third-order valence-electron chi connectivity index (χ3n) is 3.03. The number of hydrogen-bond donors (Lipinski definition) is 1. The topological polar surface area (TPSA) is 12.0 Å². The molecule has 1 aromatic carbocycles. The van der Waals surface area contributed by atoms with Crippen LogP contribution in [0.3, 0.4) is 0 Å². The van der Waals surface area contributed by atoms with Crippen molar-refractivity contribution in [1.82, 2.24) is 5.32 Å². The number of benzene rings is 1. The highest BCUT2D eigenvalue weighted by molar-refractivity contribution is 7.17. The Morgan fingerprint density at radius 3 is 2.71 bits per heavy atom. The fraction of sp³-hybridized carbons (Fsp3) is 0.467. The second-order valence-corrected chi connectivity index (χ2v) is 5.96. The van der Waals surface area contributed by atoms with Crippen molar-refractivity contribution < 1.29 is 0 Å². The SMILES string of the molecule is Cc1cc(C)c2scc(CCNC(C)C)c2c1. The first-order valence-electron chi connectivity index (χ1n) is 6.28. The molecule has 17 heavy (non-hydrogen) atoms. The summed E-state index contributed by atoms with van der Waals surface area (Å²) >= 11 is 1.88. The fourth-order valence-electron chi connectivity index (χ4n) is 2.23. The molecule has 2 aromatic rings. The first-order chi connectivity index (χ1) is 8.08. The van der Waals surface area contributed by atoms with E-state index in [0.717, 1.165) is 13.0 Å². The second kappa shape index (κ2) is 5.19. The van der Waals surface area contributed by atoms with Crippen molar-refractivity contribution in [2.24, 2.45) is 0 Å². The quantitative estimate of drug-likeness (QED) is 0.859. The average molecular weight is 247 g/mol. The van der Waals surface area contributed by atoms with Crippen molar-refractivity contribution in [2.75, 3.05) is 6.54 Å². The average Bonchev–Trinajstić information content (AvgIpc) is 2.61. The summed E-state index contributed by atoms with van der Waals surface area (Å²) in [6.07, 6.45) is 1.13. The highest BCUT2D eigenvalue weighted by atomic mass is 32.1. The lowest BCUT2D eigenvalue weighted by atomic mass is 10.0. The van der Waals surface area contributed by atoms with Gasteiger partial charge in [0.05, 0.1) is 0 Å². The Morgan fingerprint density at radius 1 is 1.24 bits per heavy atom. The van der Waals surface area contributed by atoms with Gasteiger partial charge in [0.15, 0.2) is 0 Å². The summed E-state index contributed by atoms with van der Waals surface area (Å²) in [5.41, 5.74) is 4.27. The summed E-state index contributed by atoms with van der Waals surface area (Å²) in [4.78, 5) is 0. The number of thiophene rings is 1. The van der Waals surface area contributed by atoms with E-state index in [0.29, 0.717) is 6.04 Å². The Labute approximate surface area is 108 Å². The van der Waals surface area contributed by atoms with Crippen LogP contribution >= 0.6 is 11.3 Å². The predicted molar refractivity (Wildman–Crippen MR) is 78.1 cm³/mol. The van der Waals surface area contributed by atoms with Gasteiger partial charge in [-0.3, -0.25) is 0 Å². The van der Waals surface area contributed by atoms with Crippen molar-refractivity contribution in [3.63, 3.8) is 0 Å². The van der Waals surface area contributed by atoms with Gasteiger partial charge in [-0.2, -0.15) is 0 Å². The summed E-state index contributed by atoms with van der Waals surface area (Å²) in [6, 6.07) is 5.17. The van der Waals surface area contributed by atoms with Gasteiger partial charge < -0.3 is 5.32 Å². The normalized spacial score (nSPS) is 11.6. The molecule has 1 aromatic heterocycles. The monoisotopic (exact) mass is 247 g/mol. The van der Waals surface area contributed by atoms with Gasteiger partial charge in [-0.1, -0.05) is 31.5 Å². The van der Waals surface area contributed by atoms with E-state index in [1.165, 1.54) is 26.8 Å². The third-order valence-corrected chi connectivity index (χ3v) is 4.21. The van der Waals surface area contributed by atoms with Gasteiger partial charge in [0, 0.05) is 10.7 Å². The minimum absolute atomic E-state index is 0.573. The summed E-state index contributed by atoms with van der Waals surface area (Å²) in [5, 5.41) is 7.26. The zero-order valence-electron chi connectivity index (χ0n) is 11.1. The minimum Gasteiger partial charge on any atom is -0.314 e. The summed E-state index contributed by atoms with van der Waals surface area (Å²) < 4.78 is 1.45. The van der Waals surface area contributed by atoms with Gasteiger partial charge in [0.2, 0.25) is 0 Å². The molecule has 0 saturated heterocycles. The molecule has 0 radical (unpaired) electrons. The van der Waals surface area contributed by atoms with Crippen molar-refractivity contribution >= 4 is 21.4 Å². The zero-order valence-corrected chi connectivity index (χ0v) is 11.9. The predicted octanol–water partition coefficient (Wildman–Crippen LogP) is 4.06. The van der Waals surface area contributed by atoms with Crippen molar-refractivity contribution in [3.8, 4) is 0 Å². The van der Waals surface area contributed by atoms with Crippen LogP contribution in [0.4, 0.5) is 0 Å². The van der Waals surface area contributed by atoms with Crippen LogP contribution in [0.15, 0.2) is 17.5 Å². The summed E-state index contributed by atoms with van der Waals surface area (Å²) in [6.45, 7) is 9.85. The fourth-order valence-corrected chi connectivity index (χ4v) is 3.30. The van der Waals surface area contributed by atoms with Crippen LogP contribution in [0, 0.1) is 13.8 Å². The maximum atomic E-state index is 3.48. The highest BCUT2D eigenvalue weighted by Crippen LogP contribution is 2.30. The maximum Gasteiger partial charge on any atom is 0.0374 e. The number of fused-ring (bicyclic) bond motifs is 1. The Hall–Kier alpha value is -0.860. The van der Waals surface area contributed by atoms with E-state index >= 15 is 0 Å². The molecular weight excluding hydrogens is 226 g/mol. The molecule has 1 heterocycles. The van der Waals surface area contributed by atoms with E-state index in [1.54, 1.807) is 0 Å². The van der Waals surface area contributed by atoms with Crippen molar-refractivity contribution in [3.05, 3.63) is 34.2 Å². The molecule has 0 aliphatic heterocycles. The lowest BCUT2D eigenvalue weighted by molar-refractivity contribution is 0.591. The summed E-state index contributed by atoms with van der Waals surface area (Å²) in [5.74, 6) is 0. The van der Waals surface area contributed by atoms with E-state index in [1.807, 2.05) is 11.3 Å². The van der Waals surface area contributed by atoms with E-state index in [2.05, 4.69) is 50.5 Å². The van der Waals surface area contributed by atoms with Crippen LogP contribution < -0.4 is 5.32 Å².